The lowest BCUT2D eigenvalue weighted by molar-refractivity contribution is -0.183. The maximum Gasteiger partial charge on any atom is 0.340 e. The van der Waals surface area contributed by atoms with Crippen LogP contribution in [-0.4, -0.2) is 43.1 Å². The summed E-state index contributed by atoms with van der Waals surface area (Å²) in [4.78, 5) is 13.1. The Labute approximate surface area is 242 Å². The number of aliphatic hydroxyl groups is 1. The topological polar surface area (TPSA) is 104 Å². The molecule has 0 fully saturated rings. The number of hydrogen-bond donors (Lipinski definition) is 2. The Morgan fingerprint density at radius 3 is 2.22 bits per heavy atom. The molecule has 0 saturated heterocycles. The normalized spacial score (nSPS) is 15.1. The average Bonchev–Trinajstić information content (AvgIpc) is 2.83. The second-order valence-electron chi connectivity index (χ2n) is 11.9. The molecule has 1 aliphatic rings. The summed E-state index contributed by atoms with van der Waals surface area (Å²) in [6.45, 7) is 17.3. The molecule has 3 rings (SSSR count). The van der Waals surface area contributed by atoms with Crippen LogP contribution in [0.1, 0.15) is 69.4 Å². The lowest BCUT2D eigenvalue weighted by atomic mass is 9.75. The molecule has 1 aliphatic heterocycles. The van der Waals surface area contributed by atoms with E-state index in [1.165, 1.54) is 23.4 Å². The number of aliphatic hydroxyl groups excluding tert-OH is 1. The molecule has 0 aromatic heterocycles. The molecule has 7 nitrogen and oxygen atoms in total. The molecular weight excluding hydrogens is 545 g/mol. The van der Waals surface area contributed by atoms with Gasteiger partial charge in [0, 0.05) is 16.7 Å². The van der Waals surface area contributed by atoms with Crippen LogP contribution in [0.3, 0.4) is 0 Å². The molecule has 0 aliphatic carbocycles. The van der Waals surface area contributed by atoms with Crippen LogP contribution in [0.15, 0.2) is 48.1 Å². The van der Waals surface area contributed by atoms with Crippen molar-refractivity contribution in [2.45, 2.75) is 73.1 Å². The number of ether oxygens (including phenoxy) is 1. The predicted octanol–water partition coefficient (Wildman–Crippen LogP) is 6.40. The third-order valence-electron chi connectivity index (χ3n) is 7.10. The minimum atomic E-state index is -3.89. The van der Waals surface area contributed by atoms with Crippen molar-refractivity contribution in [2.75, 3.05) is 17.2 Å². The van der Waals surface area contributed by atoms with E-state index >= 15 is 4.39 Å². The summed E-state index contributed by atoms with van der Waals surface area (Å²) in [6.07, 6.45) is 4.62. The van der Waals surface area contributed by atoms with E-state index in [0.717, 1.165) is 11.8 Å². The van der Waals surface area contributed by atoms with Gasteiger partial charge < -0.3 is 14.9 Å². The van der Waals surface area contributed by atoms with Crippen LogP contribution in [0, 0.1) is 19.7 Å². The first-order valence-electron chi connectivity index (χ1n) is 13.3. The summed E-state index contributed by atoms with van der Waals surface area (Å²) in [5.74, 6) is -1.82. The van der Waals surface area contributed by atoms with E-state index in [2.05, 4.69) is 6.58 Å². The largest absolute Gasteiger partial charge is 0.479 e. The van der Waals surface area contributed by atoms with Gasteiger partial charge in [-0.3, -0.25) is 4.31 Å². The van der Waals surface area contributed by atoms with Crippen molar-refractivity contribution in [3.63, 3.8) is 0 Å². The van der Waals surface area contributed by atoms with E-state index in [4.69, 9.17) is 4.74 Å². The number of carbonyl (C=O) groups is 1. The van der Waals surface area contributed by atoms with Crippen molar-refractivity contribution in [1.82, 2.24) is 0 Å². The molecular formula is C32H40FNO6S. The zero-order chi connectivity index (χ0) is 31.2. The molecule has 9 heteroatoms. The van der Waals surface area contributed by atoms with Gasteiger partial charge in [-0.1, -0.05) is 36.4 Å². The number of carboxylic acid groups (broad SMARTS) is 1. The number of sulfonamides is 1. The van der Waals surface area contributed by atoms with Gasteiger partial charge in [0.1, 0.15) is 5.82 Å². The van der Waals surface area contributed by atoms with Crippen molar-refractivity contribution in [2.24, 2.45) is 0 Å². The van der Waals surface area contributed by atoms with Gasteiger partial charge in [-0.2, -0.15) is 0 Å². The summed E-state index contributed by atoms with van der Waals surface area (Å²) in [7, 11) is -3.89. The molecule has 0 unspecified atom stereocenters. The van der Waals surface area contributed by atoms with Gasteiger partial charge in [-0.15, -0.1) is 0 Å². The SMILES string of the molecule is C=C(CO)/C(=C\C=C(C)C)c1c(C)c2c(c(C)c1[C@@](C)(OC(C)(C)C)C(=O)O)N(S(C)(=O)=O)Cc1cccc(F)c1-2. The highest BCUT2D eigenvalue weighted by molar-refractivity contribution is 7.92. The predicted molar refractivity (Wildman–Crippen MR) is 162 cm³/mol. The van der Waals surface area contributed by atoms with Crippen LogP contribution in [0.25, 0.3) is 16.7 Å². The zero-order valence-corrected chi connectivity index (χ0v) is 26.1. The summed E-state index contributed by atoms with van der Waals surface area (Å²) in [5.41, 5.74) is 1.38. The van der Waals surface area contributed by atoms with Gasteiger partial charge in [-0.05, 0) is 94.9 Å². The van der Waals surface area contributed by atoms with E-state index < -0.39 is 39.6 Å². The Morgan fingerprint density at radius 2 is 1.73 bits per heavy atom. The number of nitrogens with zero attached hydrogens (tertiary/aromatic N) is 1. The van der Waals surface area contributed by atoms with Gasteiger partial charge in [0.15, 0.2) is 5.60 Å². The Balaban J connectivity index is 2.76. The highest BCUT2D eigenvalue weighted by Crippen LogP contribution is 2.52. The molecule has 1 atom stereocenters. The third kappa shape index (κ3) is 6.03. The van der Waals surface area contributed by atoms with E-state index in [9.17, 15) is 23.4 Å². The van der Waals surface area contributed by atoms with Gasteiger partial charge >= 0.3 is 5.97 Å². The Morgan fingerprint density at radius 1 is 1.12 bits per heavy atom. The van der Waals surface area contributed by atoms with Crippen molar-refractivity contribution >= 4 is 27.3 Å². The molecule has 2 aromatic rings. The number of carboxylic acids is 1. The van der Waals surface area contributed by atoms with E-state index in [0.29, 0.717) is 39.0 Å². The molecule has 0 amide bonds. The highest BCUT2D eigenvalue weighted by Gasteiger charge is 2.46. The monoisotopic (exact) mass is 585 g/mol. The molecule has 0 saturated carbocycles. The summed E-state index contributed by atoms with van der Waals surface area (Å²) in [6, 6.07) is 4.53. The van der Waals surface area contributed by atoms with Gasteiger partial charge in [0.2, 0.25) is 10.0 Å². The van der Waals surface area contributed by atoms with E-state index in [1.807, 2.05) is 19.9 Å². The van der Waals surface area contributed by atoms with Crippen LogP contribution >= 0.6 is 0 Å². The van der Waals surface area contributed by atoms with Gasteiger partial charge in [-0.25, -0.2) is 17.6 Å². The average molecular weight is 586 g/mol. The molecule has 0 bridgehead atoms. The maximum atomic E-state index is 15.6. The number of benzene rings is 2. The van der Waals surface area contributed by atoms with Gasteiger partial charge in [0.05, 0.1) is 30.7 Å². The molecule has 2 N–H and O–H groups in total. The van der Waals surface area contributed by atoms with Crippen LogP contribution in [0.4, 0.5) is 10.1 Å². The summed E-state index contributed by atoms with van der Waals surface area (Å²) in [5, 5.41) is 20.9. The summed E-state index contributed by atoms with van der Waals surface area (Å²) < 4.78 is 49.5. The molecule has 2 aromatic carbocycles. The molecule has 0 spiro atoms. The number of fused-ring (bicyclic) bond motifs is 3. The Kier molecular flexibility index (Phi) is 8.80. The van der Waals surface area contributed by atoms with Gasteiger partial charge in [0.25, 0.3) is 0 Å². The number of aliphatic carboxylic acids is 1. The zero-order valence-electron chi connectivity index (χ0n) is 25.3. The Hall–Kier alpha value is -3.27. The fourth-order valence-electron chi connectivity index (χ4n) is 5.56. The minimum Gasteiger partial charge on any atom is -0.479 e. The smallest absolute Gasteiger partial charge is 0.340 e. The van der Waals surface area contributed by atoms with Crippen LogP contribution in [-0.2, 0) is 31.7 Å². The lowest BCUT2D eigenvalue weighted by Crippen LogP contribution is -2.44. The first-order chi connectivity index (χ1) is 18.8. The first kappa shape index (κ1) is 32.2. The number of allylic oxidation sites excluding steroid dienone is 3. The second-order valence-corrected chi connectivity index (χ2v) is 13.8. The van der Waals surface area contributed by atoms with Crippen LogP contribution in [0.2, 0.25) is 0 Å². The molecule has 1 heterocycles. The minimum absolute atomic E-state index is 0.119. The number of hydrogen-bond acceptors (Lipinski definition) is 5. The quantitative estimate of drug-likeness (QED) is 0.348. The van der Waals surface area contributed by atoms with Crippen molar-refractivity contribution in [1.29, 1.82) is 0 Å². The number of halogens is 1. The molecule has 0 radical (unpaired) electrons. The van der Waals surface area contributed by atoms with E-state index in [-0.39, 0.29) is 23.4 Å². The number of anilines is 1. The number of rotatable bonds is 8. The maximum absolute atomic E-state index is 15.6. The fourth-order valence-corrected chi connectivity index (χ4v) is 6.49. The third-order valence-corrected chi connectivity index (χ3v) is 8.21. The van der Waals surface area contributed by atoms with Crippen LogP contribution < -0.4 is 4.31 Å². The van der Waals surface area contributed by atoms with E-state index in [1.54, 1.807) is 46.8 Å². The second kappa shape index (κ2) is 11.2. The Bertz CT molecular complexity index is 1590. The summed E-state index contributed by atoms with van der Waals surface area (Å²) >= 11 is 0. The highest BCUT2D eigenvalue weighted by atomic mass is 32.2. The molecule has 41 heavy (non-hydrogen) atoms. The van der Waals surface area contributed by atoms with Crippen LogP contribution in [0.5, 0.6) is 0 Å². The molecule has 222 valence electrons. The lowest BCUT2D eigenvalue weighted by Gasteiger charge is -2.41. The fraction of sp³-hybridized carbons (Fsp3) is 0.406. The standard InChI is InChI=1S/C32H40FNO6S/c1-18(2)14-15-23(19(3)17-35)25-20(4)26-27-22(12-11-13-24(27)33)16-34(41(10,38)39)29(26)21(5)28(25)32(9,30(36)37)40-31(6,7)8/h11-15,35H,3,16-17H2,1-2,4-10H3,(H,36,37)/b23-15+/t32-/m1/s1. The first-order valence-corrected chi connectivity index (χ1v) is 15.1. The van der Waals surface area contributed by atoms with Crippen molar-refractivity contribution in [3.8, 4) is 11.1 Å². The van der Waals surface area contributed by atoms with Crippen molar-refractivity contribution < 1.29 is 32.6 Å². The van der Waals surface area contributed by atoms with Crippen molar-refractivity contribution in [3.05, 3.63) is 81.7 Å².